The first kappa shape index (κ1) is 53.8. The smallest absolute Gasteiger partial charge is 0.330 e. The number of halogens is 6. The van der Waals surface area contributed by atoms with Crippen LogP contribution in [0.3, 0.4) is 0 Å². The molecule has 1 unspecified atom stereocenters. The second kappa shape index (κ2) is 19.4. The molecule has 11 aromatic rings. The molecule has 3 atom stereocenters. The highest BCUT2D eigenvalue weighted by molar-refractivity contribution is 6.14. The maximum absolute atomic E-state index is 16.4. The van der Waals surface area contributed by atoms with E-state index < -0.39 is 35.3 Å². The van der Waals surface area contributed by atoms with Crippen molar-refractivity contribution in [1.82, 2.24) is 9.13 Å². The molecule has 1 aliphatic rings. The van der Waals surface area contributed by atoms with Crippen LogP contribution in [0.25, 0.3) is 99.4 Å². The molecule has 0 amide bonds. The van der Waals surface area contributed by atoms with Crippen molar-refractivity contribution >= 4 is 49.2 Å². The van der Waals surface area contributed by atoms with E-state index in [9.17, 15) is 5.26 Å². The molecular weight excluding hydrogens is 1030 g/mol. The van der Waals surface area contributed by atoms with Crippen LogP contribution in [-0.4, -0.2) is 21.5 Å². The van der Waals surface area contributed by atoms with Crippen LogP contribution in [-0.2, 0) is 5.54 Å². The summed E-state index contributed by atoms with van der Waals surface area (Å²) in [6.07, 6.45) is -9.50. The number of allylic oxidation sites excluding steroid dienone is 3. The first-order chi connectivity index (χ1) is 39.0. The molecule has 9 aromatic carbocycles. The highest BCUT2D eigenvalue weighted by atomic mass is 19.4. The van der Waals surface area contributed by atoms with Crippen LogP contribution in [0.2, 0.25) is 0 Å². The van der Waals surface area contributed by atoms with Crippen molar-refractivity contribution in [2.75, 3.05) is 0 Å². The fourth-order valence-corrected chi connectivity index (χ4v) is 13.7. The third kappa shape index (κ3) is 8.65. The molecule has 1 aliphatic carbocycles. The Hall–Kier alpha value is -8.87. The van der Waals surface area contributed by atoms with Crippen LogP contribution < -0.4 is 0 Å². The predicted octanol–water partition coefficient (Wildman–Crippen LogP) is 20.6. The van der Waals surface area contributed by atoms with Gasteiger partial charge in [-0.1, -0.05) is 138 Å². The van der Waals surface area contributed by atoms with Crippen LogP contribution in [0, 0.1) is 78.6 Å². The number of aromatic nitrogens is 2. The minimum absolute atomic E-state index is 0.00185. The lowest BCUT2D eigenvalue weighted by molar-refractivity contribution is -0.181. The second-order valence-electron chi connectivity index (χ2n) is 23.0. The van der Waals surface area contributed by atoms with Crippen LogP contribution >= 0.6 is 0 Å². The molecule has 0 N–H and O–H groups in total. The molecule has 12 rings (SSSR count). The zero-order valence-electron chi connectivity index (χ0n) is 47.1. The van der Waals surface area contributed by atoms with Gasteiger partial charge < -0.3 is 9.13 Å². The summed E-state index contributed by atoms with van der Waals surface area (Å²) in [5.74, 6) is -5.02. The Balaban J connectivity index is 1.19. The number of hydrogen-bond donors (Lipinski definition) is 0. The Labute approximate surface area is 473 Å². The number of nitrogens with zero attached hydrogens (tertiary/aromatic N) is 3. The summed E-state index contributed by atoms with van der Waals surface area (Å²) in [7, 11) is 0. The fourth-order valence-electron chi connectivity index (χ4n) is 13.7. The number of nitriles is 1. The SMILES string of the molecule is C=C([C@@H]1C(C(F)(F)F)C=C(c2c(C#N)cccc2-n2c3ccc(-c4ccc(C)cc4C)cc3c3cc(-c4ccc(C)cc4C)ccc32)[C@]1(C)n1c2ccc(-c3ccc(C)cc3C)cc2c2cc(-c3ccc(C)cc3C)ccc21)C(F)(F)F. The summed E-state index contributed by atoms with van der Waals surface area (Å²) in [5.41, 5.74) is 14.9. The van der Waals surface area contributed by atoms with E-state index in [2.05, 4.69) is 87.2 Å². The molecule has 0 saturated carbocycles. The first-order valence-corrected chi connectivity index (χ1v) is 27.5. The van der Waals surface area contributed by atoms with Crippen LogP contribution in [0.5, 0.6) is 0 Å². The molecule has 9 heteroatoms. The highest BCUT2D eigenvalue weighted by Crippen LogP contribution is 2.62. The average molecular weight is 1090 g/mol. The van der Waals surface area contributed by atoms with Gasteiger partial charge in [-0.25, -0.2) is 0 Å². The summed E-state index contributed by atoms with van der Waals surface area (Å²) in [4.78, 5) is 0. The summed E-state index contributed by atoms with van der Waals surface area (Å²) < 4.78 is 100. The molecule has 0 fully saturated rings. The molecule has 3 nitrogen and oxygen atoms in total. The quantitative estimate of drug-likeness (QED) is 0.110. The lowest BCUT2D eigenvalue weighted by Crippen LogP contribution is -2.45. The molecule has 408 valence electrons. The normalized spacial score (nSPS) is 16.6. The van der Waals surface area contributed by atoms with E-state index >= 15 is 26.3 Å². The van der Waals surface area contributed by atoms with E-state index in [-0.39, 0.29) is 16.7 Å². The Kier molecular flexibility index (Phi) is 12.7. The number of alkyl halides is 6. The summed E-state index contributed by atoms with van der Waals surface area (Å²) in [6.45, 7) is 21.3. The fraction of sp³-hybridized carbons (Fsp3) is 0.192. The lowest BCUT2D eigenvalue weighted by Gasteiger charge is -2.42. The Bertz CT molecular complexity index is 4370. The van der Waals surface area contributed by atoms with Gasteiger partial charge in [-0.05, 0) is 195 Å². The number of fused-ring (bicyclic) bond motifs is 6. The third-order valence-electron chi connectivity index (χ3n) is 17.4. The molecule has 0 bridgehead atoms. The molecule has 0 radical (unpaired) electrons. The molecule has 2 aromatic heterocycles. The Morgan fingerprint density at radius 2 is 0.854 bits per heavy atom. The van der Waals surface area contributed by atoms with Gasteiger partial charge in [-0.2, -0.15) is 31.6 Å². The zero-order valence-corrected chi connectivity index (χ0v) is 47.1. The van der Waals surface area contributed by atoms with E-state index in [0.29, 0.717) is 38.5 Å². The first-order valence-electron chi connectivity index (χ1n) is 27.5. The van der Waals surface area contributed by atoms with E-state index in [1.54, 1.807) is 16.7 Å². The summed E-state index contributed by atoms with van der Waals surface area (Å²) in [5, 5.41) is 14.3. The van der Waals surface area contributed by atoms with Gasteiger partial charge in [-0.15, -0.1) is 0 Å². The Morgan fingerprint density at radius 3 is 1.20 bits per heavy atom. The van der Waals surface area contributed by atoms with Crippen molar-refractivity contribution in [3.05, 3.63) is 238 Å². The highest BCUT2D eigenvalue weighted by Gasteiger charge is 2.62. The van der Waals surface area contributed by atoms with Crippen molar-refractivity contribution in [1.29, 1.82) is 5.26 Å². The maximum Gasteiger partial charge on any atom is 0.412 e. The van der Waals surface area contributed by atoms with Gasteiger partial charge in [0.2, 0.25) is 0 Å². The summed E-state index contributed by atoms with van der Waals surface area (Å²) in [6, 6.07) is 55.9. The van der Waals surface area contributed by atoms with Crippen molar-refractivity contribution in [3.63, 3.8) is 0 Å². The third-order valence-corrected chi connectivity index (χ3v) is 17.4. The van der Waals surface area contributed by atoms with Gasteiger partial charge in [0.15, 0.2) is 0 Å². The molecule has 2 heterocycles. The van der Waals surface area contributed by atoms with E-state index in [0.717, 1.165) is 106 Å². The Morgan fingerprint density at radius 1 is 0.488 bits per heavy atom. The number of rotatable bonds is 8. The van der Waals surface area contributed by atoms with Gasteiger partial charge in [0.25, 0.3) is 0 Å². The molecular formula is C73H59F6N3. The number of hydrogen-bond acceptors (Lipinski definition) is 1. The van der Waals surface area contributed by atoms with Crippen LogP contribution in [0.15, 0.2) is 182 Å². The van der Waals surface area contributed by atoms with Crippen molar-refractivity contribution in [2.24, 2.45) is 11.8 Å². The topological polar surface area (TPSA) is 33.6 Å². The van der Waals surface area contributed by atoms with Crippen LogP contribution in [0.4, 0.5) is 26.3 Å². The minimum atomic E-state index is -5.25. The lowest BCUT2D eigenvalue weighted by atomic mass is 9.73. The molecule has 82 heavy (non-hydrogen) atoms. The standard InChI is InChI=1S/C73H59F6N3/c1-40-14-22-54(44(5)30-40)49-18-26-64-58(34-49)59-35-50(55-23-15-41(2)31-45(55)6)19-27-65(59)81(64)68-13-11-12-53(39-80)69(68)62-38-63(73(77,78)79)70(48(9)72(74,75)76)71(62,10)82-66-28-20-51(56-24-16-42(3)32-46(56)7)36-60(66)61-37-52(21-29-67(61)82)57-25-17-43(4)33-47(57)8/h11-38,63,70H,9H2,1-8,10H3/t63?,70-,71+/m1/s1. The van der Waals surface area contributed by atoms with Gasteiger partial charge >= 0.3 is 12.4 Å². The second-order valence-corrected chi connectivity index (χ2v) is 23.0. The molecule has 0 spiro atoms. The van der Waals surface area contributed by atoms with Crippen LogP contribution in [0.1, 0.15) is 62.6 Å². The van der Waals surface area contributed by atoms with Gasteiger partial charge in [0.05, 0.1) is 39.8 Å². The van der Waals surface area contributed by atoms with E-state index in [4.69, 9.17) is 0 Å². The maximum atomic E-state index is 16.4. The summed E-state index contributed by atoms with van der Waals surface area (Å²) >= 11 is 0. The predicted molar refractivity (Wildman–Crippen MR) is 324 cm³/mol. The van der Waals surface area contributed by atoms with Crippen molar-refractivity contribution in [2.45, 2.75) is 80.2 Å². The van der Waals surface area contributed by atoms with E-state index in [1.165, 1.54) is 13.0 Å². The average Bonchev–Trinajstić information content (AvgIpc) is 2.73. The van der Waals surface area contributed by atoms with Gasteiger partial charge in [0, 0.05) is 49.6 Å². The number of aryl methyl sites for hydroxylation is 8. The van der Waals surface area contributed by atoms with Gasteiger partial charge in [-0.3, -0.25) is 0 Å². The largest absolute Gasteiger partial charge is 0.412 e. The van der Waals surface area contributed by atoms with Crippen molar-refractivity contribution in [3.8, 4) is 56.3 Å². The monoisotopic (exact) mass is 1090 g/mol. The molecule has 0 aliphatic heterocycles. The van der Waals surface area contributed by atoms with Gasteiger partial charge in [0.1, 0.15) is 0 Å². The van der Waals surface area contributed by atoms with Crippen molar-refractivity contribution < 1.29 is 26.3 Å². The number of benzene rings is 9. The molecule has 0 saturated heterocycles. The van der Waals surface area contributed by atoms with E-state index in [1.807, 2.05) is 131 Å². The minimum Gasteiger partial charge on any atom is -0.330 e. The zero-order chi connectivity index (χ0) is 58.1.